The fourth-order valence-electron chi connectivity index (χ4n) is 6.08. The summed E-state index contributed by atoms with van der Waals surface area (Å²) >= 11 is 0. The molecule has 5 nitrogen and oxygen atoms in total. The number of nitriles is 1. The highest BCUT2D eigenvalue weighted by atomic mass is 19.4. The lowest BCUT2D eigenvalue weighted by Crippen LogP contribution is -2.47. The third-order valence-electron chi connectivity index (χ3n) is 8.33. The van der Waals surface area contributed by atoms with E-state index in [1.807, 2.05) is 12.1 Å². The molecule has 9 heteroatoms. The number of hydrogen-bond acceptors (Lipinski definition) is 3. The van der Waals surface area contributed by atoms with Gasteiger partial charge in [0.2, 0.25) is 0 Å². The smallest absolute Gasteiger partial charge is 0.321 e. The van der Waals surface area contributed by atoms with Gasteiger partial charge in [0.05, 0.1) is 17.2 Å². The molecule has 0 bridgehead atoms. The van der Waals surface area contributed by atoms with E-state index in [0.717, 1.165) is 63.9 Å². The van der Waals surface area contributed by atoms with Crippen molar-refractivity contribution in [2.24, 2.45) is 5.92 Å². The van der Waals surface area contributed by atoms with E-state index < -0.39 is 23.6 Å². The van der Waals surface area contributed by atoms with Crippen molar-refractivity contribution >= 4 is 11.7 Å². The first kappa shape index (κ1) is 25.5. The number of urea groups is 1. The van der Waals surface area contributed by atoms with Gasteiger partial charge in [-0.05, 0) is 105 Å². The minimum absolute atomic E-state index is 0.0290. The molecule has 2 amide bonds. The molecule has 2 aromatic rings. The molecule has 5 rings (SSSR count). The Morgan fingerprint density at radius 3 is 2.70 bits per heavy atom. The second kappa shape index (κ2) is 9.97. The van der Waals surface area contributed by atoms with Crippen LogP contribution in [0, 0.1) is 23.1 Å². The minimum atomic E-state index is -4.84. The summed E-state index contributed by atoms with van der Waals surface area (Å²) in [5, 5.41) is 11.9. The topological polar surface area (TPSA) is 59.4 Å². The molecule has 196 valence electrons. The molecule has 2 saturated carbocycles. The van der Waals surface area contributed by atoms with E-state index in [2.05, 4.69) is 22.4 Å². The Hall–Kier alpha value is -3.12. The zero-order valence-corrected chi connectivity index (χ0v) is 20.5. The Kier molecular flexibility index (Phi) is 6.88. The number of alkyl halides is 3. The number of halogens is 4. The van der Waals surface area contributed by atoms with Crippen LogP contribution >= 0.6 is 0 Å². The molecule has 1 N–H and O–H groups in total. The van der Waals surface area contributed by atoms with Crippen molar-refractivity contribution in [3.05, 3.63) is 65.0 Å². The molecule has 37 heavy (non-hydrogen) atoms. The number of amides is 2. The molecule has 0 spiro atoms. The van der Waals surface area contributed by atoms with E-state index >= 15 is 0 Å². The van der Waals surface area contributed by atoms with Gasteiger partial charge in [0.25, 0.3) is 0 Å². The minimum Gasteiger partial charge on any atom is -0.321 e. The van der Waals surface area contributed by atoms with Crippen LogP contribution in [0.2, 0.25) is 0 Å². The number of fused-ring (bicyclic) bond motifs is 1. The van der Waals surface area contributed by atoms with Gasteiger partial charge in [-0.25, -0.2) is 9.18 Å². The lowest BCUT2D eigenvalue weighted by atomic mass is 9.80. The van der Waals surface area contributed by atoms with Crippen molar-refractivity contribution in [1.82, 2.24) is 9.80 Å². The van der Waals surface area contributed by atoms with Crippen LogP contribution in [0.3, 0.4) is 0 Å². The van der Waals surface area contributed by atoms with Gasteiger partial charge in [0, 0.05) is 18.3 Å². The average Bonchev–Trinajstić information content (AvgIpc) is 3.58. The van der Waals surface area contributed by atoms with Crippen LogP contribution in [0.15, 0.2) is 42.5 Å². The molecule has 3 fully saturated rings. The number of hydrogen-bond donors (Lipinski definition) is 1. The maximum atomic E-state index is 13.7. The summed E-state index contributed by atoms with van der Waals surface area (Å²) in [5.74, 6) is -0.969. The van der Waals surface area contributed by atoms with Gasteiger partial charge < -0.3 is 15.1 Å². The second-order valence-electron chi connectivity index (χ2n) is 10.5. The first-order valence-corrected chi connectivity index (χ1v) is 12.9. The van der Waals surface area contributed by atoms with E-state index in [9.17, 15) is 27.6 Å². The summed E-state index contributed by atoms with van der Waals surface area (Å²) in [6, 6.07) is 12.0. The first-order chi connectivity index (χ1) is 17.7. The van der Waals surface area contributed by atoms with Crippen molar-refractivity contribution in [3.8, 4) is 6.07 Å². The predicted octanol–water partition coefficient (Wildman–Crippen LogP) is 6.16. The van der Waals surface area contributed by atoms with Gasteiger partial charge in [-0.3, -0.25) is 0 Å². The normalized spacial score (nSPS) is 24.9. The van der Waals surface area contributed by atoms with E-state index in [-0.39, 0.29) is 17.1 Å². The quantitative estimate of drug-likeness (QED) is 0.451. The van der Waals surface area contributed by atoms with Gasteiger partial charge in [0.1, 0.15) is 5.82 Å². The number of rotatable bonds is 7. The zero-order valence-electron chi connectivity index (χ0n) is 20.5. The van der Waals surface area contributed by atoms with Crippen LogP contribution in [-0.2, 0) is 11.6 Å². The van der Waals surface area contributed by atoms with E-state index in [1.54, 1.807) is 11.0 Å². The summed E-state index contributed by atoms with van der Waals surface area (Å²) in [7, 11) is 0. The monoisotopic (exact) mass is 514 g/mol. The summed E-state index contributed by atoms with van der Waals surface area (Å²) in [6.45, 7) is 3.49. The standard InChI is InChI=1S/C28H30F4N4O/c29-25-7-6-22(16-24(25)28(30,31)32)34-26(37)36(13-3-12-35-10-2-11-35)23-8-9-27(17-21(27)15-23)20-5-1-4-19(14-20)18-33/h1,4-7,14,16,21,23H,2-3,8-13,15,17H2,(H,34,37)/t21?,23-,27-/m1/s1. The van der Waals surface area contributed by atoms with Crippen molar-refractivity contribution < 1.29 is 22.4 Å². The molecule has 1 saturated heterocycles. The van der Waals surface area contributed by atoms with E-state index in [4.69, 9.17) is 0 Å². The summed E-state index contributed by atoms with van der Waals surface area (Å²) < 4.78 is 53.3. The van der Waals surface area contributed by atoms with Gasteiger partial charge in [-0.15, -0.1) is 0 Å². The number of benzene rings is 2. The van der Waals surface area contributed by atoms with E-state index in [1.165, 1.54) is 12.0 Å². The molecular formula is C28H30F4N4O. The third-order valence-corrected chi connectivity index (χ3v) is 8.33. The maximum Gasteiger partial charge on any atom is 0.419 e. The second-order valence-corrected chi connectivity index (χ2v) is 10.5. The van der Waals surface area contributed by atoms with Crippen LogP contribution in [0.25, 0.3) is 0 Å². The fourth-order valence-corrected chi connectivity index (χ4v) is 6.08. The SMILES string of the molecule is N#Cc1cccc([C@]23CC[C@@H](N(CCCN4CCC4)C(=O)Nc4ccc(F)c(C(F)(F)F)c4)CC2C3)c1. The van der Waals surface area contributed by atoms with Crippen molar-refractivity contribution in [2.45, 2.75) is 56.2 Å². The molecule has 0 radical (unpaired) electrons. The van der Waals surface area contributed by atoms with Gasteiger partial charge >= 0.3 is 12.2 Å². The van der Waals surface area contributed by atoms with Crippen LogP contribution < -0.4 is 5.32 Å². The third kappa shape index (κ3) is 5.30. The molecule has 0 aromatic heterocycles. The highest BCUT2D eigenvalue weighted by Gasteiger charge is 2.58. The summed E-state index contributed by atoms with van der Waals surface area (Å²) in [5.41, 5.74) is 0.395. The number of carbonyl (C=O) groups excluding carboxylic acids is 1. The number of anilines is 1. The number of carbonyl (C=O) groups is 1. The average molecular weight is 515 g/mol. The maximum absolute atomic E-state index is 13.7. The summed E-state index contributed by atoms with van der Waals surface area (Å²) in [6.07, 6.45) is 0.600. The van der Waals surface area contributed by atoms with Gasteiger partial charge in [-0.1, -0.05) is 12.1 Å². The molecule has 3 aliphatic rings. The number of nitrogens with zero attached hydrogens (tertiary/aromatic N) is 3. The molecule has 2 aliphatic carbocycles. The Morgan fingerprint density at radius 2 is 2.03 bits per heavy atom. The highest BCUT2D eigenvalue weighted by Crippen LogP contribution is 2.62. The van der Waals surface area contributed by atoms with Crippen molar-refractivity contribution in [3.63, 3.8) is 0 Å². The zero-order chi connectivity index (χ0) is 26.2. The molecule has 1 aliphatic heterocycles. The molecular weight excluding hydrogens is 484 g/mol. The largest absolute Gasteiger partial charge is 0.419 e. The van der Waals surface area contributed by atoms with Crippen LogP contribution in [0.4, 0.5) is 28.0 Å². The lowest BCUT2D eigenvalue weighted by Gasteiger charge is -2.38. The number of nitrogens with one attached hydrogen (secondary N) is 1. The summed E-state index contributed by atoms with van der Waals surface area (Å²) in [4.78, 5) is 17.4. The van der Waals surface area contributed by atoms with Crippen LogP contribution in [-0.4, -0.2) is 48.1 Å². The van der Waals surface area contributed by atoms with E-state index in [0.29, 0.717) is 24.1 Å². The molecule has 3 atom stereocenters. The molecule has 1 heterocycles. The molecule has 1 unspecified atom stereocenters. The Balaban J connectivity index is 1.30. The van der Waals surface area contributed by atoms with Crippen molar-refractivity contribution in [2.75, 3.05) is 31.5 Å². The first-order valence-electron chi connectivity index (χ1n) is 12.9. The van der Waals surface area contributed by atoms with Gasteiger partial charge in [-0.2, -0.15) is 18.4 Å². The predicted molar refractivity (Wildman–Crippen MR) is 131 cm³/mol. The van der Waals surface area contributed by atoms with Crippen molar-refractivity contribution in [1.29, 1.82) is 5.26 Å². The highest BCUT2D eigenvalue weighted by molar-refractivity contribution is 5.89. The van der Waals surface area contributed by atoms with Crippen LogP contribution in [0.1, 0.15) is 55.2 Å². The fraction of sp³-hybridized carbons (Fsp3) is 0.500. The Bertz CT molecular complexity index is 1210. The van der Waals surface area contributed by atoms with Gasteiger partial charge in [0.15, 0.2) is 0 Å². The Morgan fingerprint density at radius 1 is 1.22 bits per heavy atom. The molecule has 2 aromatic carbocycles. The van der Waals surface area contributed by atoms with Crippen LogP contribution in [0.5, 0.6) is 0 Å². The number of likely N-dealkylation sites (tertiary alicyclic amines) is 1. The lowest BCUT2D eigenvalue weighted by molar-refractivity contribution is -0.139. The Labute approximate surface area is 214 Å².